The molecule has 2 aliphatic heterocycles. The minimum atomic E-state index is -3.93. The number of piperidine rings is 1. The molecule has 46 heavy (non-hydrogen) atoms. The number of aryl methyl sites for hydroxylation is 1. The van der Waals surface area contributed by atoms with Gasteiger partial charge in [0.1, 0.15) is 11.3 Å². The van der Waals surface area contributed by atoms with Crippen molar-refractivity contribution in [1.82, 2.24) is 38.5 Å². The molecule has 0 bridgehead atoms. The molecule has 0 atom stereocenters. The summed E-state index contributed by atoms with van der Waals surface area (Å²) in [5.41, 5.74) is 4.95. The SMILES string of the molecule is CCc1cc(-c2cnc3c(n2)c(-c2cnn(C4CCN(CC)CC4)c2)cn3S(=O)(=O)c2ccccc2)cnc1N1CCN(C)CC1. The van der Waals surface area contributed by atoms with Crippen LogP contribution in [-0.2, 0) is 16.4 Å². The van der Waals surface area contributed by atoms with E-state index in [4.69, 9.17) is 20.1 Å². The first-order valence-corrected chi connectivity index (χ1v) is 17.7. The first-order valence-electron chi connectivity index (χ1n) is 16.2. The molecule has 0 aliphatic carbocycles. The lowest BCUT2D eigenvalue weighted by molar-refractivity contribution is 0.187. The van der Waals surface area contributed by atoms with Crippen molar-refractivity contribution in [3.8, 4) is 22.4 Å². The highest BCUT2D eigenvalue weighted by molar-refractivity contribution is 7.90. The molecule has 7 rings (SSSR count). The second kappa shape index (κ2) is 12.6. The largest absolute Gasteiger partial charge is 0.354 e. The minimum Gasteiger partial charge on any atom is -0.354 e. The number of benzene rings is 1. The Labute approximate surface area is 270 Å². The van der Waals surface area contributed by atoms with Gasteiger partial charge in [-0.1, -0.05) is 32.0 Å². The third kappa shape index (κ3) is 5.69. The Hall–Kier alpha value is -4.13. The number of likely N-dealkylation sites (N-methyl/N-ethyl adjacent to an activating group) is 1. The van der Waals surface area contributed by atoms with Crippen molar-refractivity contribution < 1.29 is 8.42 Å². The van der Waals surface area contributed by atoms with Crippen LogP contribution in [-0.4, -0.2) is 99.8 Å². The van der Waals surface area contributed by atoms with Crippen molar-refractivity contribution in [2.75, 3.05) is 57.8 Å². The van der Waals surface area contributed by atoms with E-state index in [0.717, 1.165) is 87.6 Å². The van der Waals surface area contributed by atoms with E-state index in [1.807, 2.05) is 23.3 Å². The smallest absolute Gasteiger partial charge is 0.269 e. The Kier molecular flexibility index (Phi) is 8.35. The number of aromatic nitrogens is 6. The molecule has 6 heterocycles. The fourth-order valence-corrected chi connectivity index (χ4v) is 7.92. The average Bonchev–Trinajstić information content (AvgIpc) is 3.74. The van der Waals surface area contributed by atoms with Crippen LogP contribution in [0.2, 0.25) is 0 Å². The van der Waals surface area contributed by atoms with Crippen LogP contribution in [0.3, 0.4) is 0 Å². The molecule has 0 saturated carbocycles. The molecule has 0 amide bonds. The zero-order valence-corrected chi connectivity index (χ0v) is 27.6. The van der Waals surface area contributed by atoms with E-state index >= 15 is 0 Å². The van der Waals surface area contributed by atoms with Gasteiger partial charge < -0.3 is 14.7 Å². The third-order valence-electron chi connectivity index (χ3n) is 9.48. The summed E-state index contributed by atoms with van der Waals surface area (Å²) >= 11 is 0. The summed E-state index contributed by atoms with van der Waals surface area (Å²) < 4.78 is 31.1. The summed E-state index contributed by atoms with van der Waals surface area (Å²) in [5, 5.41) is 4.74. The van der Waals surface area contributed by atoms with Gasteiger partial charge in [-0.2, -0.15) is 5.10 Å². The van der Waals surface area contributed by atoms with E-state index in [-0.39, 0.29) is 10.5 Å². The molecule has 240 valence electrons. The van der Waals surface area contributed by atoms with E-state index in [9.17, 15) is 8.42 Å². The molecule has 0 radical (unpaired) electrons. The van der Waals surface area contributed by atoms with Crippen LogP contribution in [0, 0.1) is 0 Å². The van der Waals surface area contributed by atoms with E-state index in [1.54, 1.807) is 42.7 Å². The topological polar surface area (TPSA) is 105 Å². The van der Waals surface area contributed by atoms with Crippen molar-refractivity contribution in [2.45, 2.75) is 44.0 Å². The van der Waals surface area contributed by atoms with E-state index in [1.165, 1.54) is 3.97 Å². The number of pyridine rings is 1. The van der Waals surface area contributed by atoms with Crippen LogP contribution in [0.5, 0.6) is 0 Å². The van der Waals surface area contributed by atoms with E-state index in [2.05, 4.69) is 41.7 Å². The number of hydrogen-bond donors (Lipinski definition) is 0. The Balaban J connectivity index is 1.30. The molecule has 4 aromatic heterocycles. The van der Waals surface area contributed by atoms with Crippen molar-refractivity contribution in [3.05, 3.63) is 72.9 Å². The Morgan fingerprint density at radius 2 is 1.63 bits per heavy atom. The highest BCUT2D eigenvalue weighted by Gasteiger charge is 2.26. The van der Waals surface area contributed by atoms with Crippen LogP contribution in [0.15, 0.2) is 72.3 Å². The molecular weight excluding hydrogens is 599 g/mol. The molecule has 2 aliphatic rings. The highest BCUT2D eigenvalue weighted by Crippen LogP contribution is 2.34. The first kappa shape index (κ1) is 30.5. The molecular formula is C34H41N9O2S. The van der Waals surface area contributed by atoms with Gasteiger partial charge in [-0.15, -0.1) is 0 Å². The zero-order valence-electron chi connectivity index (χ0n) is 26.7. The second-order valence-corrected chi connectivity index (χ2v) is 14.1. The zero-order chi connectivity index (χ0) is 31.8. The van der Waals surface area contributed by atoms with Crippen molar-refractivity contribution >= 4 is 27.0 Å². The number of anilines is 1. The van der Waals surface area contributed by atoms with Crippen LogP contribution in [0.1, 0.15) is 38.3 Å². The number of fused-ring (bicyclic) bond motifs is 1. The maximum atomic E-state index is 13.9. The summed E-state index contributed by atoms with van der Waals surface area (Å²) in [5.74, 6) is 1.02. The number of nitrogens with zero attached hydrogens (tertiary/aromatic N) is 9. The minimum absolute atomic E-state index is 0.194. The van der Waals surface area contributed by atoms with Gasteiger partial charge in [0.25, 0.3) is 10.0 Å². The average molecular weight is 640 g/mol. The van der Waals surface area contributed by atoms with Gasteiger partial charge in [-0.3, -0.25) is 4.68 Å². The summed E-state index contributed by atoms with van der Waals surface area (Å²) in [4.78, 5) is 22.0. The fourth-order valence-electron chi connectivity index (χ4n) is 6.59. The van der Waals surface area contributed by atoms with Gasteiger partial charge in [0.2, 0.25) is 0 Å². The Bertz CT molecular complexity index is 1940. The number of piperazine rings is 1. The quantitative estimate of drug-likeness (QED) is 0.242. The lowest BCUT2D eigenvalue weighted by atomic mass is 10.1. The first-order chi connectivity index (χ1) is 22.4. The molecule has 0 N–H and O–H groups in total. The number of likely N-dealkylation sites (tertiary alicyclic amines) is 1. The molecule has 2 fully saturated rings. The molecule has 5 aromatic rings. The third-order valence-corrected chi connectivity index (χ3v) is 11.1. The van der Waals surface area contributed by atoms with Gasteiger partial charge in [0.05, 0.1) is 29.0 Å². The van der Waals surface area contributed by atoms with Crippen LogP contribution in [0.25, 0.3) is 33.5 Å². The molecule has 0 spiro atoms. The van der Waals surface area contributed by atoms with Crippen LogP contribution >= 0.6 is 0 Å². The van der Waals surface area contributed by atoms with Crippen molar-refractivity contribution in [2.24, 2.45) is 0 Å². The standard InChI is InChI=1S/C34H41N9O2S/c1-4-25-19-26(20-35-33(25)41-17-15-39(3)16-18-41)31-22-36-34-32(38-31)30(24-43(34)46(44,45)29-9-7-6-8-10-29)27-21-37-42(23-27)28-11-13-40(5-2)14-12-28/h6-10,19-24,28H,4-5,11-18H2,1-3H3. The predicted molar refractivity (Wildman–Crippen MR) is 180 cm³/mol. The second-order valence-electron chi connectivity index (χ2n) is 12.3. The Morgan fingerprint density at radius 3 is 2.35 bits per heavy atom. The lowest BCUT2D eigenvalue weighted by Crippen LogP contribution is -2.45. The van der Waals surface area contributed by atoms with Gasteiger partial charge in [0, 0.05) is 74.5 Å². The summed E-state index contributed by atoms with van der Waals surface area (Å²) in [6.07, 6.45) is 11.9. The summed E-state index contributed by atoms with van der Waals surface area (Å²) in [7, 11) is -1.78. The molecule has 2 saturated heterocycles. The summed E-state index contributed by atoms with van der Waals surface area (Å²) in [6.45, 7) is 11.4. The number of hydrogen-bond acceptors (Lipinski definition) is 9. The fraction of sp³-hybridized carbons (Fsp3) is 0.412. The van der Waals surface area contributed by atoms with E-state index in [0.29, 0.717) is 22.8 Å². The van der Waals surface area contributed by atoms with Crippen molar-refractivity contribution in [1.29, 1.82) is 0 Å². The van der Waals surface area contributed by atoms with Gasteiger partial charge >= 0.3 is 0 Å². The summed E-state index contributed by atoms with van der Waals surface area (Å²) in [6, 6.07) is 10.9. The van der Waals surface area contributed by atoms with Gasteiger partial charge in [-0.25, -0.2) is 27.3 Å². The molecule has 11 nitrogen and oxygen atoms in total. The van der Waals surface area contributed by atoms with E-state index < -0.39 is 10.0 Å². The monoisotopic (exact) mass is 639 g/mol. The van der Waals surface area contributed by atoms with Crippen LogP contribution in [0.4, 0.5) is 5.82 Å². The van der Waals surface area contributed by atoms with Crippen molar-refractivity contribution in [3.63, 3.8) is 0 Å². The highest BCUT2D eigenvalue weighted by atomic mass is 32.2. The Morgan fingerprint density at radius 1 is 0.870 bits per heavy atom. The molecule has 12 heteroatoms. The maximum Gasteiger partial charge on any atom is 0.269 e. The number of rotatable bonds is 8. The maximum absolute atomic E-state index is 13.9. The normalized spacial score (nSPS) is 17.2. The van der Waals surface area contributed by atoms with Gasteiger partial charge in [-0.05, 0) is 56.6 Å². The van der Waals surface area contributed by atoms with Crippen LogP contribution < -0.4 is 4.90 Å². The predicted octanol–water partition coefficient (Wildman–Crippen LogP) is 4.56. The molecule has 1 aromatic carbocycles. The lowest BCUT2D eigenvalue weighted by Gasteiger charge is -2.34. The van der Waals surface area contributed by atoms with Gasteiger partial charge in [0.15, 0.2) is 5.65 Å². The molecule has 0 unspecified atom stereocenters.